The Kier molecular flexibility index (Phi) is 2.51. The van der Waals surface area contributed by atoms with Crippen molar-refractivity contribution >= 4 is 17.2 Å². The molecule has 0 fully saturated rings. The predicted molar refractivity (Wildman–Crippen MR) is 54.6 cm³/mol. The molecule has 0 saturated heterocycles. The normalized spacial score (nSPS) is 11.5. The molecule has 5 nitrogen and oxygen atoms in total. The molecule has 0 aliphatic carbocycles. The van der Waals surface area contributed by atoms with E-state index in [1.165, 1.54) is 6.33 Å². The predicted octanol–water partition coefficient (Wildman–Crippen LogP) is 0.586. The van der Waals surface area contributed by atoms with Crippen LogP contribution in [0.1, 0.15) is 5.69 Å². The van der Waals surface area contributed by atoms with Gasteiger partial charge < -0.3 is 10.3 Å². The van der Waals surface area contributed by atoms with Gasteiger partial charge in [-0.05, 0) is 13.1 Å². The second-order valence-electron chi connectivity index (χ2n) is 2.82. The molecule has 0 bridgehead atoms. The topological polar surface area (TPSA) is 66.5 Å². The summed E-state index contributed by atoms with van der Waals surface area (Å²) >= 11 is 0. The third kappa shape index (κ3) is 1.62. The molecular formula is C9H11N5. The van der Waals surface area contributed by atoms with Crippen molar-refractivity contribution in [2.75, 3.05) is 13.6 Å². The van der Waals surface area contributed by atoms with E-state index in [1.54, 1.807) is 6.33 Å². The van der Waals surface area contributed by atoms with E-state index < -0.39 is 0 Å². The average Bonchev–Trinajstić information content (AvgIpc) is 2.67. The van der Waals surface area contributed by atoms with Crippen molar-refractivity contribution < 1.29 is 0 Å². The van der Waals surface area contributed by atoms with Gasteiger partial charge in [0, 0.05) is 6.54 Å². The minimum atomic E-state index is 0.698. The summed E-state index contributed by atoms with van der Waals surface area (Å²) < 4.78 is 0. The van der Waals surface area contributed by atoms with Gasteiger partial charge in [-0.3, -0.25) is 0 Å². The molecule has 0 aliphatic rings. The monoisotopic (exact) mass is 189 g/mol. The molecule has 0 atom stereocenters. The van der Waals surface area contributed by atoms with Gasteiger partial charge in [-0.1, -0.05) is 6.08 Å². The van der Waals surface area contributed by atoms with Crippen LogP contribution in [0.3, 0.4) is 0 Å². The van der Waals surface area contributed by atoms with Crippen LogP contribution in [0.15, 0.2) is 18.7 Å². The maximum absolute atomic E-state index is 4.15. The zero-order valence-electron chi connectivity index (χ0n) is 7.86. The molecule has 0 amide bonds. The number of nitrogens with zero attached hydrogens (tertiary/aromatic N) is 3. The van der Waals surface area contributed by atoms with Crippen LogP contribution in [0.5, 0.6) is 0 Å². The number of hydrogen-bond donors (Lipinski definition) is 2. The Balaban J connectivity index is 2.36. The summed E-state index contributed by atoms with van der Waals surface area (Å²) in [7, 11) is 1.90. The Morgan fingerprint density at radius 3 is 3.21 bits per heavy atom. The second kappa shape index (κ2) is 3.97. The number of aromatic nitrogens is 4. The molecule has 0 saturated carbocycles. The van der Waals surface area contributed by atoms with E-state index in [1.807, 2.05) is 19.2 Å². The lowest BCUT2D eigenvalue weighted by Gasteiger charge is -1.93. The fraction of sp³-hybridized carbons (Fsp3) is 0.222. The van der Waals surface area contributed by atoms with Gasteiger partial charge in [0.2, 0.25) is 0 Å². The molecule has 2 aromatic rings. The first-order valence-electron chi connectivity index (χ1n) is 4.37. The Bertz CT molecular complexity index is 445. The first kappa shape index (κ1) is 8.83. The highest BCUT2D eigenvalue weighted by atomic mass is 15.0. The van der Waals surface area contributed by atoms with E-state index >= 15 is 0 Å². The largest absolute Gasteiger partial charge is 0.341 e. The summed E-state index contributed by atoms with van der Waals surface area (Å²) in [5.41, 5.74) is 2.44. The van der Waals surface area contributed by atoms with E-state index in [4.69, 9.17) is 0 Å². The van der Waals surface area contributed by atoms with Gasteiger partial charge in [0.1, 0.15) is 11.8 Å². The summed E-state index contributed by atoms with van der Waals surface area (Å²) in [6, 6.07) is 0. The van der Waals surface area contributed by atoms with Gasteiger partial charge in [0.15, 0.2) is 5.65 Å². The van der Waals surface area contributed by atoms with Crippen LogP contribution in [0, 0.1) is 0 Å². The lowest BCUT2D eigenvalue weighted by Crippen LogP contribution is -2.03. The molecule has 0 unspecified atom stereocenters. The van der Waals surface area contributed by atoms with Crippen molar-refractivity contribution in [3.05, 3.63) is 24.4 Å². The third-order valence-electron chi connectivity index (χ3n) is 1.85. The zero-order valence-corrected chi connectivity index (χ0v) is 7.86. The molecule has 72 valence electrons. The Hall–Kier alpha value is -1.75. The quantitative estimate of drug-likeness (QED) is 0.741. The maximum Gasteiger partial charge on any atom is 0.181 e. The Labute approximate surface area is 81.3 Å². The fourth-order valence-corrected chi connectivity index (χ4v) is 1.20. The van der Waals surface area contributed by atoms with Crippen molar-refractivity contribution in [2.45, 2.75) is 0 Å². The SMILES string of the molecule is CNCC=Cc1ncnc2nc[nH]c12. The van der Waals surface area contributed by atoms with Crippen molar-refractivity contribution in [1.82, 2.24) is 25.3 Å². The third-order valence-corrected chi connectivity index (χ3v) is 1.85. The van der Waals surface area contributed by atoms with Gasteiger partial charge in [-0.2, -0.15) is 0 Å². The molecular weight excluding hydrogens is 178 g/mol. The highest BCUT2D eigenvalue weighted by Crippen LogP contribution is 2.10. The summed E-state index contributed by atoms with van der Waals surface area (Å²) in [6.07, 6.45) is 7.08. The number of likely N-dealkylation sites (N-methyl/N-ethyl adjacent to an activating group) is 1. The maximum atomic E-state index is 4.15. The first-order chi connectivity index (χ1) is 6.92. The number of nitrogens with one attached hydrogen (secondary N) is 2. The number of H-pyrrole nitrogens is 1. The molecule has 2 rings (SSSR count). The van der Waals surface area contributed by atoms with Gasteiger partial charge in [0.25, 0.3) is 0 Å². The van der Waals surface area contributed by atoms with E-state index in [2.05, 4.69) is 25.3 Å². The highest BCUT2D eigenvalue weighted by molar-refractivity contribution is 5.78. The van der Waals surface area contributed by atoms with Crippen LogP contribution in [-0.4, -0.2) is 33.5 Å². The van der Waals surface area contributed by atoms with Crippen LogP contribution in [0.25, 0.3) is 17.2 Å². The van der Waals surface area contributed by atoms with Crippen molar-refractivity contribution in [2.24, 2.45) is 0 Å². The van der Waals surface area contributed by atoms with Crippen molar-refractivity contribution in [3.63, 3.8) is 0 Å². The lowest BCUT2D eigenvalue weighted by molar-refractivity contribution is 0.922. The minimum absolute atomic E-state index is 0.698. The smallest absolute Gasteiger partial charge is 0.181 e. The number of fused-ring (bicyclic) bond motifs is 1. The van der Waals surface area contributed by atoms with Crippen LogP contribution >= 0.6 is 0 Å². The molecule has 5 heteroatoms. The molecule has 14 heavy (non-hydrogen) atoms. The van der Waals surface area contributed by atoms with Gasteiger partial charge in [0.05, 0.1) is 12.0 Å². The average molecular weight is 189 g/mol. The fourth-order valence-electron chi connectivity index (χ4n) is 1.20. The Morgan fingerprint density at radius 1 is 1.43 bits per heavy atom. The molecule has 0 radical (unpaired) electrons. The number of imidazole rings is 1. The molecule has 0 aliphatic heterocycles. The van der Waals surface area contributed by atoms with Crippen molar-refractivity contribution in [3.8, 4) is 0 Å². The van der Waals surface area contributed by atoms with Gasteiger partial charge >= 0.3 is 0 Å². The number of rotatable bonds is 3. The van der Waals surface area contributed by atoms with E-state index in [-0.39, 0.29) is 0 Å². The van der Waals surface area contributed by atoms with Crippen molar-refractivity contribution in [1.29, 1.82) is 0 Å². The molecule has 2 heterocycles. The van der Waals surface area contributed by atoms with E-state index in [9.17, 15) is 0 Å². The molecule has 0 aromatic carbocycles. The minimum Gasteiger partial charge on any atom is -0.341 e. The van der Waals surface area contributed by atoms with E-state index in [0.717, 1.165) is 17.8 Å². The molecule has 0 spiro atoms. The Morgan fingerprint density at radius 2 is 2.36 bits per heavy atom. The van der Waals surface area contributed by atoms with Crippen LogP contribution in [0.2, 0.25) is 0 Å². The van der Waals surface area contributed by atoms with Crippen LogP contribution in [-0.2, 0) is 0 Å². The standard InChI is InChI=1S/C9H11N5/c1-10-4-2-3-7-8-9(13-5-11-7)14-6-12-8/h2-3,5-6,10H,4H2,1H3,(H,11,12,13,14). The van der Waals surface area contributed by atoms with Crippen LogP contribution < -0.4 is 5.32 Å². The number of hydrogen-bond acceptors (Lipinski definition) is 4. The second-order valence-corrected chi connectivity index (χ2v) is 2.82. The molecule has 2 aromatic heterocycles. The summed E-state index contributed by atoms with van der Waals surface area (Å²) in [5, 5.41) is 3.02. The van der Waals surface area contributed by atoms with Gasteiger partial charge in [-0.15, -0.1) is 0 Å². The highest BCUT2D eigenvalue weighted by Gasteiger charge is 2.01. The summed E-state index contributed by atoms with van der Waals surface area (Å²) in [4.78, 5) is 15.2. The van der Waals surface area contributed by atoms with Crippen LogP contribution in [0.4, 0.5) is 0 Å². The lowest BCUT2D eigenvalue weighted by atomic mass is 10.3. The summed E-state index contributed by atoms with van der Waals surface area (Å²) in [6.45, 7) is 0.819. The summed E-state index contributed by atoms with van der Waals surface area (Å²) in [5.74, 6) is 0. The number of aromatic amines is 1. The molecule has 2 N–H and O–H groups in total. The van der Waals surface area contributed by atoms with E-state index in [0.29, 0.717) is 5.65 Å². The zero-order chi connectivity index (χ0) is 9.80. The van der Waals surface area contributed by atoms with Gasteiger partial charge in [-0.25, -0.2) is 15.0 Å². The first-order valence-corrected chi connectivity index (χ1v) is 4.37.